The highest BCUT2D eigenvalue weighted by Gasteiger charge is 2.43. The molecule has 2 nitrogen and oxygen atoms in total. The molecule has 3 rings (SSSR count). The molecule has 20 heavy (non-hydrogen) atoms. The third-order valence-electron chi connectivity index (χ3n) is 3.65. The van der Waals surface area contributed by atoms with Gasteiger partial charge in [0.05, 0.1) is 18.6 Å². The number of hydrogen-bond donors (Lipinski definition) is 0. The molecule has 4 heteroatoms. The van der Waals surface area contributed by atoms with E-state index >= 15 is 0 Å². The second-order valence-electron chi connectivity index (χ2n) is 5.98. The van der Waals surface area contributed by atoms with Crippen LogP contribution in [0.4, 0.5) is 14.5 Å². The van der Waals surface area contributed by atoms with Crippen LogP contribution in [0.15, 0.2) is 30.5 Å². The summed E-state index contributed by atoms with van der Waals surface area (Å²) >= 11 is 0. The summed E-state index contributed by atoms with van der Waals surface area (Å²) < 4.78 is 26.0. The van der Waals surface area contributed by atoms with Crippen molar-refractivity contribution >= 4 is 16.6 Å². The first-order chi connectivity index (χ1) is 9.44. The van der Waals surface area contributed by atoms with E-state index in [0.29, 0.717) is 5.92 Å². The fourth-order valence-corrected chi connectivity index (χ4v) is 2.70. The Bertz CT molecular complexity index is 629. The van der Waals surface area contributed by atoms with Gasteiger partial charge >= 0.3 is 0 Å². The Morgan fingerprint density at radius 3 is 2.65 bits per heavy atom. The molecule has 1 aromatic carbocycles. The van der Waals surface area contributed by atoms with Gasteiger partial charge in [0.15, 0.2) is 0 Å². The normalized spacial score (nSPS) is 17.6. The topological polar surface area (TPSA) is 16.1 Å². The van der Waals surface area contributed by atoms with Crippen LogP contribution in [0.25, 0.3) is 10.9 Å². The maximum Gasteiger partial charge on any atom is 0.282 e. The highest BCUT2D eigenvalue weighted by Crippen LogP contribution is 2.33. The highest BCUT2D eigenvalue weighted by atomic mass is 19.3. The molecule has 0 saturated carbocycles. The lowest BCUT2D eigenvalue weighted by molar-refractivity contribution is -0.0262. The molecule has 1 aliphatic heterocycles. The van der Waals surface area contributed by atoms with Crippen LogP contribution in [0.2, 0.25) is 0 Å². The molecule has 2 heterocycles. The van der Waals surface area contributed by atoms with E-state index in [1.807, 2.05) is 30.5 Å². The van der Waals surface area contributed by atoms with Crippen molar-refractivity contribution in [3.8, 4) is 0 Å². The van der Waals surface area contributed by atoms with Crippen LogP contribution < -0.4 is 4.90 Å². The second-order valence-corrected chi connectivity index (χ2v) is 5.98. The molecular weight excluding hydrogens is 258 g/mol. The summed E-state index contributed by atoms with van der Waals surface area (Å²) in [6.45, 7) is 3.98. The van der Waals surface area contributed by atoms with E-state index in [9.17, 15) is 8.78 Å². The molecule has 1 aromatic heterocycles. The molecule has 0 radical (unpaired) electrons. The molecule has 0 spiro atoms. The number of alkyl halides is 2. The predicted octanol–water partition coefficient (Wildman–Crippen LogP) is 3.89. The molecule has 1 fully saturated rings. The van der Waals surface area contributed by atoms with Crippen molar-refractivity contribution in [3.05, 3.63) is 36.0 Å². The molecule has 0 aliphatic carbocycles. The van der Waals surface area contributed by atoms with Gasteiger partial charge in [0.2, 0.25) is 0 Å². The zero-order valence-electron chi connectivity index (χ0n) is 11.7. The Labute approximate surface area is 117 Å². The minimum absolute atomic E-state index is 0.182. The van der Waals surface area contributed by atoms with Crippen molar-refractivity contribution < 1.29 is 8.78 Å². The largest absolute Gasteiger partial charge is 0.359 e. The van der Waals surface area contributed by atoms with Crippen molar-refractivity contribution in [1.82, 2.24) is 4.98 Å². The van der Waals surface area contributed by atoms with Crippen LogP contribution in [0.1, 0.15) is 19.4 Å². The first kappa shape index (κ1) is 13.3. The number of nitrogens with zero attached hydrogens (tertiary/aromatic N) is 2. The molecule has 0 amide bonds. The number of fused-ring (bicyclic) bond motifs is 1. The number of halogens is 2. The Kier molecular flexibility index (Phi) is 3.11. The first-order valence-corrected chi connectivity index (χ1v) is 6.95. The predicted molar refractivity (Wildman–Crippen MR) is 77.4 cm³/mol. The number of pyridine rings is 1. The van der Waals surface area contributed by atoms with Crippen LogP contribution >= 0.6 is 0 Å². The Balaban J connectivity index is 1.97. The Morgan fingerprint density at radius 2 is 2.00 bits per heavy atom. The zero-order valence-corrected chi connectivity index (χ0v) is 11.7. The molecule has 1 saturated heterocycles. The number of aromatic nitrogens is 1. The van der Waals surface area contributed by atoms with E-state index in [4.69, 9.17) is 0 Å². The summed E-state index contributed by atoms with van der Waals surface area (Å²) in [5.74, 6) is -1.98. The molecule has 1 aliphatic rings. The van der Waals surface area contributed by atoms with E-state index in [1.54, 1.807) is 4.90 Å². The summed E-state index contributed by atoms with van der Waals surface area (Å²) in [4.78, 5) is 6.07. The number of benzene rings is 1. The van der Waals surface area contributed by atoms with E-state index < -0.39 is 5.92 Å². The van der Waals surface area contributed by atoms with Crippen molar-refractivity contribution in [2.45, 2.75) is 26.2 Å². The number of anilines is 1. The molecule has 2 aromatic rings. The van der Waals surface area contributed by atoms with E-state index in [-0.39, 0.29) is 13.1 Å². The van der Waals surface area contributed by atoms with Gasteiger partial charge in [0, 0.05) is 17.3 Å². The summed E-state index contributed by atoms with van der Waals surface area (Å²) in [6.07, 6.45) is 2.79. The summed E-state index contributed by atoms with van der Waals surface area (Å²) in [5.41, 5.74) is 3.03. The van der Waals surface area contributed by atoms with Crippen LogP contribution in [0.3, 0.4) is 0 Å². The second kappa shape index (κ2) is 4.69. The summed E-state index contributed by atoms with van der Waals surface area (Å²) in [5, 5.41) is 1.08. The van der Waals surface area contributed by atoms with Gasteiger partial charge in [-0.05, 0) is 42.2 Å². The fourth-order valence-electron chi connectivity index (χ4n) is 2.70. The Morgan fingerprint density at radius 1 is 1.25 bits per heavy atom. The molecular formula is C16H18F2N2. The quantitative estimate of drug-likeness (QED) is 0.845. The van der Waals surface area contributed by atoms with Gasteiger partial charge < -0.3 is 4.90 Å². The monoisotopic (exact) mass is 276 g/mol. The number of hydrogen-bond acceptors (Lipinski definition) is 2. The van der Waals surface area contributed by atoms with Crippen LogP contribution in [-0.4, -0.2) is 24.0 Å². The molecule has 0 bridgehead atoms. The van der Waals surface area contributed by atoms with E-state index in [0.717, 1.165) is 23.0 Å². The zero-order chi connectivity index (χ0) is 14.3. The summed E-state index contributed by atoms with van der Waals surface area (Å²) in [7, 11) is 0. The molecule has 0 atom stereocenters. The van der Waals surface area contributed by atoms with Crippen LogP contribution in [-0.2, 0) is 6.42 Å². The standard InChI is InChI=1S/C16H18F2N2/c1-11(2)7-12-5-6-19-15-4-3-13(8-14(12)15)20-9-16(17,18)10-20/h3-6,8,11H,7,9-10H2,1-2H3. The third-order valence-corrected chi connectivity index (χ3v) is 3.65. The van der Waals surface area contributed by atoms with Gasteiger partial charge in [-0.2, -0.15) is 0 Å². The fraction of sp³-hybridized carbons (Fsp3) is 0.438. The molecule has 0 unspecified atom stereocenters. The van der Waals surface area contributed by atoms with Gasteiger partial charge in [-0.3, -0.25) is 4.98 Å². The maximum atomic E-state index is 13.0. The van der Waals surface area contributed by atoms with Gasteiger partial charge in [-0.1, -0.05) is 13.8 Å². The molecule has 106 valence electrons. The van der Waals surface area contributed by atoms with Gasteiger partial charge in [-0.25, -0.2) is 8.78 Å². The van der Waals surface area contributed by atoms with Gasteiger partial charge in [0.25, 0.3) is 5.92 Å². The lowest BCUT2D eigenvalue weighted by Gasteiger charge is -2.40. The Hall–Kier alpha value is -1.71. The minimum Gasteiger partial charge on any atom is -0.359 e. The number of rotatable bonds is 3. The molecule has 0 N–H and O–H groups in total. The first-order valence-electron chi connectivity index (χ1n) is 6.95. The minimum atomic E-state index is -2.54. The van der Waals surface area contributed by atoms with Crippen molar-refractivity contribution in [2.75, 3.05) is 18.0 Å². The maximum absolute atomic E-state index is 13.0. The van der Waals surface area contributed by atoms with Crippen molar-refractivity contribution in [2.24, 2.45) is 5.92 Å². The van der Waals surface area contributed by atoms with Gasteiger partial charge in [0.1, 0.15) is 0 Å². The smallest absolute Gasteiger partial charge is 0.282 e. The SMILES string of the molecule is CC(C)Cc1ccnc2ccc(N3CC(F)(F)C3)cc12. The third kappa shape index (κ3) is 2.47. The van der Waals surface area contributed by atoms with E-state index in [1.165, 1.54) is 5.56 Å². The van der Waals surface area contributed by atoms with E-state index in [2.05, 4.69) is 18.8 Å². The van der Waals surface area contributed by atoms with Gasteiger partial charge in [-0.15, -0.1) is 0 Å². The van der Waals surface area contributed by atoms with Crippen LogP contribution in [0.5, 0.6) is 0 Å². The van der Waals surface area contributed by atoms with Crippen LogP contribution in [0, 0.1) is 5.92 Å². The average molecular weight is 276 g/mol. The lowest BCUT2D eigenvalue weighted by Crippen LogP contribution is -2.56. The highest BCUT2D eigenvalue weighted by molar-refractivity contribution is 5.85. The van der Waals surface area contributed by atoms with Crippen molar-refractivity contribution in [3.63, 3.8) is 0 Å². The lowest BCUT2D eigenvalue weighted by atomic mass is 9.98. The van der Waals surface area contributed by atoms with Crippen molar-refractivity contribution in [1.29, 1.82) is 0 Å². The average Bonchev–Trinajstić information content (AvgIpc) is 2.35. The summed E-state index contributed by atoms with van der Waals surface area (Å²) in [6, 6.07) is 7.82.